The van der Waals surface area contributed by atoms with E-state index in [1.54, 1.807) is 19.2 Å². The third-order valence-electron chi connectivity index (χ3n) is 5.26. The molecule has 0 saturated heterocycles. The number of alkyl halides is 2. The van der Waals surface area contributed by atoms with Gasteiger partial charge in [0.05, 0.1) is 18.3 Å². The minimum absolute atomic E-state index is 0.00158. The van der Waals surface area contributed by atoms with Crippen LogP contribution in [0.25, 0.3) is 0 Å². The number of urea groups is 1. The minimum Gasteiger partial charge on any atom is -0.387 e. The predicted octanol–water partition coefficient (Wildman–Crippen LogP) is 3.52. The molecule has 1 aromatic carbocycles. The number of nitrogens with zero attached hydrogens (tertiary/aromatic N) is 2. The van der Waals surface area contributed by atoms with Gasteiger partial charge >= 0.3 is 6.03 Å². The summed E-state index contributed by atoms with van der Waals surface area (Å²) in [6.45, 7) is 2.22. The number of nitrogens with one attached hydrogen (secondary N) is 2. The fourth-order valence-electron chi connectivity index (χ4n) is 3.40. The summed E-state index contributed by atoms with van der Waals surface area (Å²) in [5.41, 5.74) is -1.79. The molecule has 6 nitrogen and oxygen atoms in total. The van der Waals surface area contributed by atoms with Crippen molar-refractivity contribution in [1.82, 2.24) is 15.1 Å². The van der Waals surface area contributed by atoms with E-state index in [2.05, 4.69) is 27.6 Å². The number of carbonyl (C=O) groups is 1. The van der Waals surface area contributed by atoms with Crippen molar-refractivity contribution in [3.63, 3.8) is 0 Å². The first-order valence-electron chi connectivity index (χ1n) is 9.63. The molecule has 1 fully saturated rings. The normalized spacial score (nSPS) is 21.7. The van der Waals surface area contributed by atoms with E-state index in [0.29, 0.717) is 12.6 Å². The van der Waals surface area contributed by atoms with E-state index in [1.807, 2.05) is 0 Å². The van der Waals surface area contributed by atoms with Crippen molar-refractivity contribution in [1.29, 1.82) is 0 Å². The lowest BCUT2D eigenvalue weighted by Gasteiger charge is -2.40. The zero-order chi connectivity index (χ0) is 21.7. The number of aliphatic hydroxyl groups excluding tert-OH is 1. The van der Waals surface area contributed by atoms with Gasteiger partial charge in [-0.1, -0.05) is 11.8 Å². The van der Waals surface area contributed by atoms with Crippen LogP contribution >= 0.6 is 0 Å². The molecule has 0 bridgehead atoms. The zero-order valence-electron chi connectivity index (χ0n) is 16.5. The highest BCUT2D eigenvalue weighted by atomic mass is 19.3. The molecule has 0 radical (unpaired) electrons. The van der Waals surface area contributed by atoms with Crippen molar-refractivity contribution in [3.8, 4) is 11.8 Å². The second-order valence-electron chi connectivity index (χ2n) is 7.86. The molecular formula is C21H21F3N4O2. The Balaban J connectivity index is 1.77. The number of aromatic nitrogens is 2. The summed E-state index contributed by atoms with van der Waals surface area (Å²) in [5.74, 6) is 1.19. The maximum Gasteiger partial charge on any atom is 0.320 e. The van der Waals surface area contributed by atoms with E-state index in [4.69, 9.17) is 0 Å². The first kappa shape index (κ1) is 20.3. The van der Waals surface area contributed by atoms with E-state index in [0.717, 1.165) is 18.9 Å². The molecule has 9 heteroatoms. The molecule has 2 heterocycles. The molecule has 1 aliphatic heterocycles. The van der Waals surface area contributed by atoms with Crippen molar-refractivity contribution >= 4 is 11.7 Å². The molecule has 0 unspecified atom stereocenters. The van der Waals surface area contributed by atoms with Crippen LogP contribution in [0.15, 0.2) is 24.4 Å². The summed E-state index contributed by atoms with van der Waals surface area (Å²) in [6, 6.07) is 3.09. The number of aliphatic hydroxyl groups is 1. The largest absolute Gasteiger partial charge is 0.387 e. The number of anilines is 1. The number of amides is 2. The Morgan fingerprint density at radius 1 is 1.43 bits per heavy atom. The standard InChI is InChI=1S/C21H21F3N4O2/c1-12(29)17-6-8-28(27-17)11-14-9-18-15(10-16(14)22)21(20(2,23)24,26-19(30)25-18)7-5-13-3-4-13/h6,8-10,12-13,29H,3-4,11H2,1-2H3,(H2,25,26,30)/t12-,21+/m1/s1. The van der Waals surface area contributed by atoms with Crippen LogP contribution in [0, 0.1) is 23.6 Å². The highest BCUT2D eigenvalue weighted by molar-refractivity contribution is 5.95. The monoisotopic (exact) mass is 418 g/mol. The molecule has 30 heavy (non-hydrogen) atoms. The van der Waals surface area contributed by atoms with Gasteiger partial charge in [0.1, 0.15) is 5.82 Å². The number of hydrogen-bond acceptors (Lipinski definition) is 3. The van der Waals surface area contributed by atoms with Gasteiger partial charge in [-0.25, -0.2) is 18.0 Å². The van der Waals surface area contributed by atoms with Crippen LogP contribution in [-0.2, 0) is 12.1 Å². The minimum atomic E-state index is -3.45. The summed E-state index contributed by atoms with van der Waals surface area (Å²) in [6.07, 6.45) is 2.45. The van der Waals surface area contributed by atoms with Gasteiger partial charge in [0.25, 0.3) is 5.92 Å². The van der Waals surface area contributed by atoms with E-state index in [9.17, 15) is 23.1 Å². The molecule has 158 valence electrons. The van der Waals surface area contributed by atoms with Gasteiger partial charge in [0.15, 0.2) is 5.54 Å². The maximum atomic E-state index is 14.9. The number of benzene rings is 1. The molecule has 2 aliphatic rings. The van der Waals surface area contributed by atoms with Gasteiger partial charge in [-0.3, -0.25) is 4.68 Å². The number of carbonyl (C=O) groups excluding carboxylic acids is 1. The Kier molecular flexibility index (Phi) is 4.77. The molecule has 0 spiro atoms. The molecule has 1 aliphatic carbocycles. The SMILES string of the molecule is C[C@@H](O)c1ccn(Cc2cc3c(cc2F)[C@@](C#CC2CC2)(C(C)(F)F)NC(=O)N3)n1. The average molecular weight is 418 g/mol. The predicted molar refractivity (Wildman–Crippen MR) is 103 cm³/mol. The van der Waals surface area contributed by atoms with Crippen molar-refractivity contribution < 1.29 is 23.1 Å². The lowest BCUT2D eigenvalue weighted by molar-refractivity contribution is -0.0465. The van der Waals surface area contributed by atoms with Crippen LogP contribution in [0.4, 0.5) is 23.7 Å². The van der Waals surface area contributed by atoms with Crippen molar-refractivity contribution in [2.45, 2.75) is 50.8 Å². The summed E-state index contributed by atoms with van der Waals surface area (Å²) in [5, 5.41) is 18.5. The molecule has 2 aromatic rings. The summed E-state index contributed by atoms with van der Waals surface area (Å²) in [4.78, 5) is 12.2. The average Bonchev–Trinajstić information content (AvgIpc) is 3.36. The molecular weight excluding hydrogens is 397 g/mol. The Morgan fingerprint density at radius 3 is 2.77 bits per heavy atom. The van der Waals surface area contributed by atoms with Crippen LogP contribution in [0.5, 0.6) is 0 Å². The van der Waals surface area contributed by atoms with Crippen molar-refractivity contribution in [2.75, 3.05) is 5.32 Å². The van der Waals surface area contributed by atoms with Crippen LogP contribution in [0.1, 0.15) is 49.6 Å². The van der Waals surface area contributed by atoms with Gasteiger partial charge in [-0.15, -0.1) is 0 Å². The van der Waals surface area contributed by atoms with E-state index in [1.165, 1.54) is 10.7 Å². The Morgan fingerprint density at radius 2 is 2.17 bits per heavy atom. The first-order chi connectivity index (χ1) is 14.1. The zero-order valence-corrected chi connectivity index (χ0v) is 16.5. The van der Waals surface area contributed by atoms with Crippen LogP contribution in [-0.4, -0.2) is 26.8 Å². The number of halogens is 3. The molecule has 4 rings (SSSR count). The van der Waals surface area contributed by atoms with Gasteiger partial charge in [-0.05, 0) is 38.0 Å². The Bertz CT molecular complexity index is 1060. The fourth-order valence-corrected chi connectivity index (χ4v) is 3.40. The second-order valence-corrected chi connectivity index (χ2v) is 7.86. The molecule has 2 atom stereocenters. The van der Waals surface area contributed by atoms with Gasteiger partial charge < -0.3 is 15.7 Å². The Hall–Kier alpha value is -2.99. The Labute approximate surface area is 171 Å². The third kappa shape index (κ3) is 3.63. The van der Waals surface area contributed by atoms with E-state index < -0.39 is 29.4 Å². The molecule has 1 saturated carbocycles. The molecule has 3 N–H and O–H groups in total. The highest BCUT2D eigenvalue weighted by Crippen LogP contribution is 2.44. The van der Waals surface area contributed by atoms with Gasteiger partial charge in [0.2, 0.25) is 0 Å². The van der Waals surface area contributed by atoms with Crippen molar-refractivity contribution in [3.05, 3.63) is 47.0 Å². The number of hydrogen-bond donors (Lipinski definition) is 3. The van der Waals surface area contributed by atoms with Gasteiger partial charge in [0, 0.05) is 35.9 Å². The summed E-state index contributed by atoms with van der Waals surface area (Å²) >= 11 is 0. The molecule has 1 aromatic heterocycles. The van der Waals surface area contributed by atoms with Crippen LogP contribution < -0.4 is 10.6 Å². The lowest BCUT2D eigenvalue weighted by Crippen LogP contribution is -2.59. The van der Waals surface area contributed by atoms with E-state index in [-0.39, 0.29) is 29.3 Å². The molecule has 2 amide bonds. The van der Waals surface area contributed by atoms with E-state index >= 15 is 0 Å². The van der Waals surface area contributed by atoms with Crippen LogP contribution in [0.2, 0.25) is 0 Å². The number of fused-ring (bicyclic) bond motifs is 1. The number of rotatable bonds is 4. The smallest absolute Gasteiger partial charge is 0.320 e. The maximum absolute atomic E-state index is 14.9. The highest BCUT2D eigenvalue weighted by Gasteiger charge is 2.55. The van der Waals surface area contributed by atoms with Gasteiger partial charge in [-0.2, -0.15) is 5.10 Å². The first-order valence-corrected chi connectivity index (χ1v) is 9.63. The fraction of sp³-hybridized carbons (Fsp3) is 0.429. The topological polar surface area (TPSA) is 79.2 Å². The third-order valence-corrected chi connectivity index (χ3v) is 5.26. The van der Waals surface area contributed by atoms with Crippen molar-refractivity contribution in [2.24, 2.45) is 5.92 Å². The quantitative estimate of drug-likeness (QED) is 0.665. The summed E-state index contributed by atoms with van der Waals surface area (Å²) < 4.78 is 45.8. The lowest BCUT2D eigenvalue weighted by atomic mass is 9.81. The summed E-state index contributed by atoms with van der Waals surface area (Å²) in [7, 11) is 0. The second kappa shape index (κ2) is 7.06. The van der Waals surface area contributed by atoms with Crippen LogP contribution in [0.3, 0.4) is 0 Å².